The predicted octanol–water partition coefficient (Wildman–Crippen LogP) is 5.23. The van der Waals surface area contributed by atoms with Crippen LogP contribution >= 0.6 is 11.6 Å². The summed E-state index contributed by atoms with van der Waals surface area (Å²) in [5.41, 5.74) is 2.11. The molecule has 4 rings (SSSR count). The number of urea groups is 1. The molecule has 3 amide bonds. The van der Waals surface area contributed by atoms with E-state index in [9.17, 15) is 9.59 Å². The zero-order valence-electron chi connectivity index (χ0n) is 21.0. The number of hydrogen-bond donors (Lipinski definition) is 0. The fourth-order valence-corrected chi connectivity index (χ4v) is 5.24. The summed E-state index contributed by atoms with van der Waals surface area (Å²) < 4.78 is 5.84. The molecule has 0 aliphatic carbocycles. The molecule has 0 radical (unpaired) electrons. The van der Waals surface area contributed by atoms with Crippen LogP contribution < -0.4 is 4.74 Å². The van der Waals surface area contributed by atoms with E-state index in [1.807, 2.05) is 63.4 Å². The molecule has 0 bridgehead atoms. The molecule has 0 spiro atoms. The molecular formula is C28H36ClN3O3. The third-order valence-electron chi connectivity index (χ3n) is 7.05. The normalized spacial score (nSPS) is 20.1. The number of nitrogens with zero attached hydrogens (tertiary/aromatic N) is 3. The number of amides is 3. The summed E-state index contributed by atoms with van der Waals surface area (Å²) in [5.74, 6) is 1.34. The standard InChI is InChI=1S/C28H36ClN3O3/c1-20(2)35-25-9-10-26(29)23(16-25)15-21-11-13-31(14-12-21)19-24-17-27(33)32(28(34)30(24)3)18-22-7-5-4-6-8-22/h4-10,16,20-21,24H,11-15,17-19H2,1-3H3. The van der Waals surface area contributed by atoms with Crippen molar-refractivity contribution < 1.29 is 14.3 Å². The summed E-state index contributed by atoms with van der Waals surface area (Å²) in [4.78, 5) is 31.3. The van der Waals surface area contributed by atoms with Crippen molar-refractivity contribution in [3.8, 4) is 5.75 Å². The van der Waals surface area contributed by atoms with Crippen LogP contribution in [0, 0.1) is 5.92 Å². The molecule has 2 heterocycles. The van der Waals surface area contributed by atoms with Crippen molar-refractivity contribution >= 4 is 23.5 Å². The van der Waals surface area contributed by atoms with Crippen LogP contribution in [0.3, 0.4) is 0 Å². The van der Waals surface area contributed by atoms with E-state index in [1.165, 1.54) is 4.90 Å². The fraction of sp³-hybridized carbons (Fsp3) is 0.500. The van der Waals surface area contributed by atoms with Crippen molar-refractivity contribution in [3.63, 3.8) is 0 Å². The van der Waals surface area contributed by atoms with Crippen molar-refractivity contribution in [1.29, 1.82) is 0 Å². The van der Waals surface area contributed by atoms with Gasteiger partial charge in [-0.05, 0) is 81.4 Å². The lowest BCUT2D eigenvalue weighted by Crippen LogP contribution is -2.58. The predicted molar refractivity (Wildman–Crippen MR) is 139 cm³/mol. The van der Waals surface area contributed by atoms with Gasteiger partial charge in [0.15, 0.2) is 0 Å². The van der Waals surface area contributed by atoms with Crippen LogP contribution in [-0.2, 0) is 17.8 Å². The van der Waals surface area contributed by atoms with Crippen LogP contribution in [0.2, 0.25) is 5.02 Å². The van der Waals surface area contributed by atoms with E-state index in [0.29, 0.717) is 18.9 Å². The first-order valence-corrected chi connectivity index (χ1v) is 13.0. The Balaban J connectivity index is 1.28. The quantitative estimate of drug-likeness (QED) is 0.501. The number of imide groups is 1. The molecule has 2 aliphatic heterocycles. The van der Waals surface area contributed by atoms with Gasteiger partial charge >= 0.3 is 6.03 Å². The van der Waals surface area contributed by atoms with Gasteiger partial charge < -0.3 is 14.5 Å². The lowest BCUT2D eigenvalue weighted by Gasteiger charge is -2.41. The number of hydrogen-bond acceptors (Lipinski definition) is 4. The largest absolute Gasteiger partial charge is 0.491 e. The number of halogens is 1. The van der Waals surface area contributed by atoms with E-state index < -0.39 is 0 Å². The monoisotopic (exact) mass is 497 g/mol. The van der Waals surface area contributed by atoms with E-state index in [2.05, 4.69) is 11.0 Å². The molecule has 2 aliphatic rings. The van der Waals surface area contributed by atoms with E-state index in [0.717, 1.165) is 60.8 Å². The van der Waals surface area contributed by atoms with Crippen molar-refractivity contribution in [3.05, 3.63) is 64.7 Å². The number of carbonyl (C=O) groups is 2. The maximum atomic E-state index is 13.0. The molecule has 35 heavy (non-hydrogen) atoms. The number of benzene rings is 2. The first kappa shape index (κ1) is 25.5. The highest BCUT2D eigenvalue weighted by molar-refractivity contribution is 6.31. The van der Waals surface area contributed by atoms with Gasteiger partial charge in [-0.3, -0.25) is 9.69 Å². The van der Waals surface area contributed by atoms with Crippen LogP contribution in [0.1, 0.15) is 44.2 Å². The van der Waals surface area contributed by atoms with Gasteiger partial charge in [-0.25, -0.2) is 4.79 Å². The molecule has 2 aromatic rings. The van der Waals surface area contributed by atoms with Gasteiger partial charge in [0, 0.05) is 25.0 Å². The van der Waals surface area contributed by atoms with Crippen LogP contribution in [-0.4, -0.2) is 65.5 Å². The molecule has 2 saturated heterocycles. The molecule has 7 heteroatoms. The third kappa shape index (κ3) is 6.56. The molecular weight excluding hydrogens is 462 g/mol. The number of likely N-dealkylation sites (tertiary alicyclic amines) is 1. The third-order valence-corrected chi connectivity index (χ3v) is 7.42. The Morgan fingerprint density at radius 1 is 1.06 bits per heavy atom. The fourth-order valence-electron chi connectivity index (χ4n) is 5.05. The Bertz CT molecular complexity index is 1020. The summed E-state index contributed by atoms with van der Waals surface area (Å²) in [6.45, 7) is 7.03. The lowest BCUT2D eigenvalue weighted by molar-refractivity contribution is -0.133. The maximum absolute atomic E-state index is 13.0. The minimum atomic E-state index is -0.205. The van der Waals surface area contributed by atoms with Gasteiger partial charge in [0.05, 0.1) is 18.7 Å². The highest BCUT2D eigenvalue weighted by Crippen LogP contribution is 2.29. The first-order chi connectivity index (χ1) is 16.8. The van der Waals surface area contributed by atoms with E-state index in [4.69, 9.17) is 16.3 Å². The van der Waals surface area contributed by atoms with Gasteiger partial charge in [0.1, 0.15) is 5.75 Å². The summed E-state index contributed by atoms with van der Waals surface area (Å²) in [7, 11) is 1.82. The highest BCUT2D eigenvalue weighted by Gasteiger charge is 2.37. The second-order valence-electron chi connectivity index (χ2n) is 10.1. The minimum absolute atomic E-state index is 0.0853. The number of rotatable bonds is 8. The van der Waals surface area contributed by atoms with Gasteiger partial charge in [0.25, 0.3) is 0 Å². The zero-order chi connectivity index (χ0) is 24.9. The number of piperidine rings is 1. The van der Waals surface area contributed by atoms with E-state index >= 15 is 0 Å². The Morgan fingerprint density at radius 2 is 1.77 bits per heavy atom. The number of likely N-dealkylation sites (N-methyl/N-ethyl adjacent to an activating group) is 1. The van der Waals surface area contributed by atoms with Gasteiger partial charge in [-0.15, -0.1) is 0 Å². The molecule has 0 saturated carbocycles. The molecule has 188 valence electrons. The Kier molecular flexibility index (Phi) is 8.34. The number of ether oxygens (including phenoxy) is 1. The van der Waals surface area contributed by atoms with Crippen molar-refractivity contribution in [1.82, 2.24) is 14.7 Å². The average molecular weight is 498 g/mol. The lowest BCUT2D eigenvalue weighted by atomic mass is 9.89. The van der Waals surface area contributed by atoms with Gasteiger partial charge in [0.2, 0.25) is 5.91 Å². The Morgan fingerprint density at radius 3 is 2.46 bits per heavy atom. The summed E-state index contributed by atoms with van der Waals surface area (Å²) >= 11 is 6.48. The molecule has 1 unspecified atom stereocenters. The van der Waals surface area contributed by atoms with Crippen LogP contribution in [0.4, 0.5) is 4.79 Å². The topological polar surface area (TPSA) is 53.1 Å². The smallest absolute Gasteiger partial charge is 0.327 e. The molecule has 2 aromatic carbocycles. The van der Waals surface area contributed by atoms with Crippen LogP contribution in [0.15, 0.2) is 48.5 Å². The van der Waals surface area contributed by atoms with Crippen molar-refractivity contribution in [2.45, 2.75) is 58.2 Å². The van der Waals surface area contributed by atoms with E-state index in [-0.39, 0.29) is 24.1 Å². The van der Waals surface area contributed by atoms with Gasteiger partial charge in [-0.2, -0.15) is 0 Å². The Hall–Kier alpha value is -2.57. The molecule has 0 N–H and O–H groups in total. The van der Waals surface area contributed by atoms with Crippen molar-refractivity contribution in [2.75, 3.05) is 26.7 Å². The average Bonchev–Trinajstić information content (AvgIpc) is 2.84. The number of carbonyl (C=O) groups excluding carboxylic acids is 2. The summed E-state index contributed by atoms with van der Waals surface area (Å²) in [6, 6.07) is 15.3. The zero-order valence-corrected chi connectivity index (χ0v) is 21.7. The van der Waals surface area contributed by atoms with Crippen molar-refractivity contribution in [2.24, 2.45) is 5.92 Å². The van der Waals surface area contributed by atoms with E-state index in [1.54, 1.807) is 4.90 Å². The minimum Gasteiger partial charge on any atom is -0.491 e. The maximum Gasteiger partial charge on any atom is 0.327 e. The van der Waals surface area contributed by atoms with Gasteiger partial charge in [-0.1, -0.05) is 41.9 Å². The molecule has 0 aromatic heterocycles. The summed E-state index contributed by atoms with van der Waals surface area (Å²) in [5, 5.41) is 0.796. The van der Waals surface area contributed by atoms with Crippen LogP contribution in [0.5, 0.6) is 5.75 Å². The highest BCUT2D eigenvalue weighted by atomic mass is 35.5. The molecule has 6 nitrogen and oxygen atoms in total. The first-order valence-electron chi connectivity index (χ1n) is 12.6. The SMILES string of the molecule is CC(C)Oc1ccc(Cl)c(CC2CCN(CC3CC(=O)N(Cc4ccccc4)C(=O)N3C)CC2)c1. The molecule has 2 fully saturated rings. The molecule has 1 atom stereocenters. The summed E-state index contributed by atoms with van der Waals surface area (Å²) in [6.07, 6.45) is 3.59. The van der Waals surface area contributed by atoms with Crippen LogP contribution in [0.25, 0.3) is 0 Å². The second kappa shape index (κ2) is 11.4. The Labute approximate surface area is 213 Å². The second-order valence-corrected chi connectivity index (χ2v) is 10.5.